The van der Waals surface area contributed by atoms with Gasteiger partial charge in [-0.3, -0.25) is 4.79 Å². The van der Waals surface area contributed by atoms with Gasteiger partial charge >= 0.3 is 5.97 Å². The molecule has 0 bridgehead atoms. The van der Waals surface area contributed by atoms with Crippen molar-refractivity contribution in [3.8, 4) is 0 Å². The van der Waals surface area contributed by atoms with Crippen molar-refractivity contribution in [3.05, 3.63) is 29.8 Å². The Hall–Kier alpha value is -1.40. The van der Waals surface area contributed by atoms with Gasteiger partial charge in [0.05, 0.1) is 4.90 Å². The van der Waals surface area contributed by atoms with Gasteiger partial charge in [-0.1, -0.05) is 12.1 Å². The first-order valence-electron chi connectivity index (χ1n) is 6.10. The molecular formula is C13H17NO4S. The molecule has 0 amide bonds. The highest BCUT2D eigenvalue weighted by atomic mass is 32.2. The van der Waals surface area contributed by atoms with Gasteiger partial charge in [-0.15, -0.1) is 0 Å². The second kappa shape index (κ2) is 4.61. The molecule has 1 aliphatic carbocycles. The zero-order valence-electron chi connectivity index (χ0n) is 10.9. The molecule has 0 spiro atoms. The van der Waals surface area contributed by atoms with E-state index in [0.717, 1.165) is 18.4 Å². The number of nitrogens with one attached hydrogen (secondary N) is 1. The van der Waals surface area contributed by atoms with E-state index < -0.39 is 21.5 Å². The second-order valence-corrected chi connectivity index (χ2v) is 6.89. The van der Waals surface area contributed by atoms with Crippen molar-refractivity contribution in [1.82, 2.24) is 4.72 Å². The Morgan fingerprint density at radius 2 is 2.05 bits per heavy atom. The van der Waals surface area contributed by atoms with Crippen LogP contribution < -0.4 is 4.72 Å². The average molecular weight is 283 g/mol. The van der Waals surface area contributed by atoms with E-state index in [9.17, 15) is 18.3 Å². The van der Waals surface area contributed by atoms with E-state index in [-0.39, 0.29) is 10.8 Å². The molecule has 1 aliphatic rings. The standard InChI is InChI=1S/C13H17NO4S/c1-9-4-3-5-11(8-9)19(17,18)14-13(2,12(15)16)10-6-7-10/h3-5,8,10,14H,6-7H2,1-2H3,(H,15,16). The smallest absolute Gasteiger partial charge is 0.324 e. The van der Waals surface area contributed by atoms with Crippen LogP contribution in [0.2, 0.25) is 0 Å². The van der Waals surface area contributed by atoms with Gasteiger partial charge < -0.3 is 5.11 Å². The third-order valence-electron chi connectivity index (χ3n) is 3.48. The highest BCUT2D eigenvalue weighted by molar-refractivity contribution is 7.89. The summed E-state index contributed by atoms with van der Waals surface area (Å²) in [5.74, 6) is -1.27. The number of rotatable bonds is 5. The minimum Gasteiger partial charge on any atom is -0.480 e. The Morgan fingerprint density at radius 3 is 2.53 bits per heavy atom. The first-order chi connectivity index (χ1) is 8.75. The molecule has 1 fully saturated rings. The lowest BCUT2D eigenvalue weighted by molar-refractivity contribution is -0.144. The van der Waals surface area contributed by atoms with Crippen molar-refractivity contribution in [1.29, 1.82) is 0 Å². The Morgan fingerprint density at radius 1 is 1.42 bits per heavy atom. The molecule has 1 atom stereocenters. The molecule has 1 unspecified atom stereocenters. The fourth-order valence-electron chi connectivity index (χ4n) is 2.08. The summed E-state index contributed by atoms with van der Waals surface area (Å²) in [4.78, 5) is 11.4. The van der Waals surface area contributed by atoms with Gasteiger partial charge in [0.25, 0.3) is 0 Å². The Balaban J connectivity index is 2.33. The van der Waals surface area contributed by atoms with Gasteiger partial charge in [-0.05, 0) is 50.3 Å². The molecule has 5 nitrogen and oxygen atoms in total. The van der Waals surface area contributed by atoms with Gasteiger partial charge in [-0.2, -0.15) is 4.72 Å². The number of aliphatic carboxylic acids is 1. The number of carboxylic acid groups (broad SMARTS) is 1. The van der Waals surface area contributed by atoms with Crippen LogP contribution in [0.4, 0.5) is 0 Å². The molecule has 2 N–H and O–H groups in total. The number of sulfonamides is 1. The van der Waals surface area contributed by atoms with Crippen LogP contribution in [-0.4, -0.2) is 25.0 Å². The Labute approximate surface area is 112 Å². The van der Waals surface area contributed by atoms with Gasteiger partial charge in [0, 0.05) is 0 Å². The van der Waals surface area contributed by atoms with Crippen molar-refractivity contribution in [2.45, 2.75) is 37.1 Å². The molecule has 0 heterocycles. The Bertz CT molecular complexity index is 607. The SMILES string of the molecule is Cc1cccc(S(=O)(=O)NC(C)(C(=O)O)C2CC2)c1. The van der Waals surface area contributed by atoms with Crippen molar-refractivity contribution in [3.63, 3.8) is 0 Å². The molecule has 0 aromatic heterocycles. The van der Waals surface area contributed by atoms with Gasteiger partial charge in [0.2, 0.25) is 10.0 Å². The predicted molar refractivity (Wildman–Crippen MR) is 70.3 cm³/mol. The molecule has 1 aromatic rings. The summed E-state index contributed by atoms with van der Waals surface area (Å²) in [5.41, 5.74) is -0.617. The number of aryl methyl sites for hydroxylation is 1. The normalized spacial score (nSPS) is 18.8. The number of hydrogen-bond donors (Lipinski definition) is 2. The third-order valence-corrected chi connectivity index (χ3v) is 5.05. The molecule has 104 valence electrons. The molecule has 1 saturated carbocycles. The molecule has 1 aromatic carbocycles. The molecular weight excluding hydrogens is 266 g/mol. The summed E-state index contributed by atoms with van der Waals surface area (Å²) in [5, 5.41) is 9.28. The van der Waals surface area contributed by atoms with Crippen LogP contribution in [0.3, 0.4) is 0 Å². The first-order valence-corrected chi connectivity index (χ1v) is 7.58. The molecule has 6 heteroatoms. The fourth-order valence-corrected chi connectivity index (χ4v) is 3.61. The summed E-state index contributed by atoms with van der Waals surface area (Å²) < 4.78 is 26.9. The average Bonchev–Trinajstić information content (AvgIpc) is 3.12. The molecule has 0 saturated heterocycles. The van der Waals surface area contributed by atoms with Crippen molar-refractivity contribution in [2.75, 3.05) is 0 Å². The monoisotopic (exact) mass is 283 g/mol. The summed E-state index contributed by atoms with van der Waals surface area (Å²) in [6.07, 6.45) is 1.47. The number of hydrogen-bond acceptors (Lipinski definition) is 3. The summed E-state index contributed by atoms with van der Waals surface area (Å²) in [6.45, 7) is 3.22. The predicted octanol–water partition coefficient (Wildman–Crippen LogP) is 1.53. The lowest BCUT2D eigenvalue weighted by atomic mass is 9.98. The summed E-state index contributed by atoms with van der Waals surface area (Å²) >= 11 is 0. The van der Waals surface area contributed by atoms with Crippen LogP contribution in [0.25, 0.3) is 0 Å². The maximum Gasteiger partial charge on any atom is 0.324 e. The molecule has 2 rings (SSSR count). The minimum atomic E-state index is -3.82. The zero-order valence-corrected chi connectivity index (χ0v) is 11.7. The van der Waals surface area contributed by atoms with E-state index in [4.69, 9.17) is 0 Å². The fraction of sp³-hybridized carbons (Fsp3) is 0.462. The van der Waals surface area contributed by atoms with Crippen LogP contribution in [0.15, 0.2) is 29.2 Å². The van der Waals surface area contributed by atoms with Crippen LogP contribution >= 0.6 is 0 Å². The number of carbonyl (C=O) groups is 1. The van der Waals surface area contributed by atoms with Crippen molar-refractivity contribution >= 4 is 16.0 Å². The highest BCUT2D eigenvalue weighted by Crippen LogP contribution is 2.40. The number of carboxylic acids is 1. The maximum absolute atomic E-state index is 12.3. The van der Waals surface area contributed by atoms with E-state index in [2.05, 4.69) is 4.72 Å². The lowest BCUT2D eigenvalue weighted by Gasteiger charge is -2.25. The lowest BCUT2D eigenvalue weighted by Crippen LogP contribution is -2.53. The van der Waals surface area contributed by atoms with Crippen LogP contribution in [0.1, 0.15) is 25.3 Å². The molecule has 0 radical (unpaired) electrons. The molecule has 0 aliphatic heterocycles. The summed E-state index contributed by atoms with van der Waals surface area (Å²) in [6, 6.07) is 6.41. The number of benzene rings is 1. The topological polar surface area (TPSA) is 83.5 Å². The van der Waals surface area contributed by atoms with Gasteiger partial charge in [-0.25, -0.2) is 8.42 Å². The van der Waals surface area contributed by atoms with E-state index in [0.29, 0.717) is 0 Å². The van der Waals surface area contributed by atoms with Crippen molar-refractivity contribution < 1.29 is 18.3 Å². The Kier molecular flexibility index (Phi) is 3.40. The first kappa shape index (κ1) is 14.0. The van der Waals surface area contributed by atoms with E-state index in [1.807, 2.05) is 0 Å². The largest absolute Gasteiger partial charge is 0.480 e. The van der Waals surface area contributed by atoms with E-state index in [1.165, 1.54) is 19.1 Å². The van der Waals surface area contributed by atoms with Crippen molar-refractivity contribution in [2.24, 2.45) is 5.92 Å². The highest BCUT2D eigenvalue weighted by Gasteiger charge is 2.50. The van der Waals surface area contributed by atoms with Gasteiger partial charge in [0.1, 0.15) is 5.54 Å². The van der Waals surface area contributed by atoms with Crippen LogP contribution in [0, 0.1) is 12.8 Å². The van der Waals surface area contributed by atoms with Crippen LogP contribution in [0.5, 0.6) is 0 Å². The quantitative estimate of drug-likeness (QED) is 0.858. The maximum atomic E-state index is 12.3. The summed E-state index contributed by atoms with van der Waals surface area (Å²) in [7, 11) is -3.82. The van der Waals surface area contributed by atoms with Gasteiger partial charge in [0.15, 0.2) is 0 Å². The van der Waals surface area contributed by atoms with E-state index >= 15 is 0 Å². The zero-order chi connectivity index (χ0) is 14.3. The second-order valence-electron chi connectivity index (χ2n) is 5.20. The molecule has 19 heavy (non-hydrogen) atoms. The van der Waals surface area contributed by atoms with E-state index in [1.54, 1.807) is 19.1 Å². The van der Waals surface area contributed by atoms with Crippen LogP contribution in [-0.2, 0) is 14.8 Å². The third kappa shape index (κ3) is 2.79. The minimum absolute atomic E-state index is 0.0978.